The Morgan fingerprint density at radius 3 is 2.74 bits per heavy atom. The van der Waals surface area contributed by atoms with Crippen LogP contribution in [0, 0.1) is 29.6 Å². The van der Waals surface area contributed by atoms with Gasteiger partial charge in [0, 0.05) is 46.8 Å². The molecule has 6 rings (SSSR count). The van der Waals surface area contributed by atoms with Gasteiger partial charge in [-0.15, -0.1) is 0 Å². The standard InChI is InChI=1S/C29H23N5/c30-24-9-5-20(6-10-24)17-34-19-32-16-25(34)18-33-14-13-27-28(33)12-11-26(29(27)31)23-8-7-21-3-1-2-4-22(21)15-23/h5-6,8-16,19,21H,7,17-18,30-31H2. The fourth-order valence-electron chi connectivity index (χ4n) is 4.67. The highest BCUT2D eigenvalue weighted by molar-refractivity contribution is 5.99. The van der Waals surface area contributed by atoms with E-state index in [1.54, 1.807) is 0 Å². The van der Waals surface area contributed by atoms with E-state index in [0.717, 1.165) is 57.6 Å². The second-order valence-electron chi connectivity index (χ2n) is 8.72. The number of nitrogens with zero attached hydrogens (tertiary/aromatic N) is 3. The number of benzene rings is 2. The Kier molecular flexibility index (Phi) is 4.75. The Balaban J connectivity index is 1.28. The minimum absolute atomic E-state index is 0.217. The van der Waals surface area contributed by atoms with Crippen molar-refractivity contribution in [2.45, 2.75) is 19.5 Å². The number of anilines is 2. The number of allylic oxidation sites excluding steroid dienone is 4. The molecule has 1 unspecified atom stereocenters. The van der Waals surface area contributed by atoms with Crippen LogP contribution in [0.3, 0.4) is 0 Å². The number of hydrogen-bond donors (Lipinski definition) is 2. The van der Waals surface area contributed by atoms with E-state index in [1.807, 2.05) is 24.7 Å². The maximum Gasteiger partial charge on any atom is 0.0951 e. The lowest BCUT2D eigenvalue weighted by Crippen LogP contribution is -2.08. The first kappa shape index (κ1) is 20.0. The molecular formula is C29H23N5. The first-order valence-corrected chi connectivity index (χ1v) is 11.3. The van der Waals surface area contributed by atoms with Gasteiger partial charge in [-0.2, -0.15) is 0 Å². The van der Waals surface area contributed by atoms with Gasteiger partial charge >= 0.3 is 0 Å². The molecule has 0 aliphatic heterocycles. The number of aromatic nitrogens is 3. The van der Waals surface area contributed by atoms with Crippen molar-refractivity contribution >= 4 is 27.9 Å². The van der Waals surface area contributed by atoms with Crippen molar-refractivity contribution in [3.63, 3.8) is 0 Å². The van der Waals surface area contributed by atoms with Crippen LogP contribution in [0.15, 0.2) is 78.9 Å². The van der Waals surface area contributed by atoms with Crippen LogP contribution in [-0.4, -0.2) is 14.1 Å². The number of imidazole rings is 1. The Bertz CT molecular complexity index is 1600. The fraction of sp³-hybridized carbons (Fsp3) is 0.138. The van der Waals surface area contributed by atoms with Gasteiger partial charge in [-0.1, -0.05) is 36.1 Å². The monoisotopic (exact) mass is 441 g/mol. The normalized spacial score (nSPS) is 16.1. The van der Waals surface area contributed by atoms with Crippen molar-refractivity contribution in [3.05, 3.63) is 95.7 Å². The van der Waals surface area contributed by atoms with E-state index in [0.29, 0.717) is 6.54 Å². The van der Waals surface area contributed by atoms with Gasteiger partial charge in [-0.05, 0) is 59.7 Å². The van der Waals surface area contributed by atoms with Gasteiger partial charge < -0.3 is 20.6 Å². The molecule has 5 nitrogen and oxygen atoms in total. The zero-order valence-corrected chi connectivity index (χ0v) is 18.6. The third kappa shape index (κ3) is 3.54. The third-order valence-corrected chi connectivity index (χ3v) is 6.54. The predicted octanol–water partition coefficient (Wildman–Crippen LogP) is 4.45. The highest BCUT2D eigenvalue weighted by Gasteiger charge is 2.19. The van der Waals surface area contributed by atoms with Crippen LogP contribution >= 0.6 is 0 Å². The molecule has 4 N–H and O–H groups in total. The van der Waals surface area contributed by atoms with Crippen LogP contribution < -0.4 is 11.5 Å². The highest BCUT2D eigenvalue weighted by Crippen LogP contribution is 2.35. The van der Waals surface area contributed by atoms with E-state index < -0.39 is 0 Å². The summed E-state index contributed by atoms with van der Waals surface area (Å²) < 4.78 is 4.39. The summed E-state index contributed by atoms with van der Waals surface area (Å²) in [6.45, 7) is 1.46. The van der Waals surface area contributed by atoms with Crippen LogP contribution in [0.25, 0.3) is 16.5 Å². The van der Waals surface area contributed by atoms with Crippen molar-refractivity contribution in [2.24, 2.45) is 5.92 Å². The molecule has 4 aromatic rings. The van der Waals surface area contributed by atoms with E-state index in [4.69, 9.17) is 11.5 Å². The van der Waals surface area contributed by atoms with Gasteiger partial charge in [-0.3, -0.25) is 0 Å². The minimum atomic E-state index is 0.217. The molecule has 0 amide bonds. The second-order valence-corrected chi connectivity index (χ2v) is 8.72. The summed E-state index contributed by atoms with van der Waals surface area (Å²) >= 11 is 0. The van der Waals surface area contributed by atoms with Crippen LogP contribution in [0.4, 0.5) is 11.4 Å². The Morgan fingerprint density at radius 1 is 0.971 bits per heavy atom. The fourth-order valence-corrected chi connectivity index (χ4v) is 4.67. The molecule has 2 heterocycles. The van der Waals surface area contributed by atoms with Crippen molar-refractivity contribution in [3.8, 4) is 23.7 Å². The van der Waals surface area contributed by atoms with E-state index in [-0.39, 0.29) is 5.92 Å². The minimum Gasteiger partial charge on any atom is -0.399 e. The van der Waals surface area contributed by atoms with Crippen LogP contribution in [-0.2, 0) is 13.1 Å². The lowest BCUT2D eigenvalue weighted by Gasteiger charge is -2.18. The first-order chi connectivity index (χ1) is 16.7. The number of nitrogen functional groups attached to an aromatic ring is 2. The Morgan fingerprint density at radius 2 is 1.85 bits per heavy atom. The molecule has 34 heavy (non-hydrogen) atoms. The van der Waals surface area contributed by atoms with Crippen LogP contribution in [0.1, 0.15) is 23.2 Å². The quantitative estimate of drug-likeness (QED) is 0.355. The molecule has 1 atom stereocenters. The van der Waals surface area contributed by atoms with E-state index in [2.05, 4.69) is 86.5 Å². The Labute approximate surface area is 198 Å². The second kappa shape index (κ2) is 8.06. The number of hydrogen-bond acceptors (Lipinski definition) is 3. The topological polar surface area (TPSA) is 74.8 Å². The molecular weight excluding hydrogens is 418 g/mol. The molecule has 0 saturated carbocycles. The summed E-state index contributed by atoms with van der Waals surface area (Å²) in [7, 11) is 0. The van der Waals surface area contributed by atoms with Crippen molar-refractivity contribution < 1.29 is 0 Å². The molecule has 2 aromatic carbocycles. The molecule has 0 saturated heterocycles. The number of fused-ring (bicyclic) bond motifs is 2. The predicted molar refractivity (Wildman–Crippen MR) is 137 cm³/mol. The molecule has 5 heteroatoms. The van der Waals surface area contributed by atoms with Gasteiger partial charge in [0.15, 0.2) is 0 Å². The van der Waals surface area contributed by atoms with Gasteiger partial charge in [0.05, 0.1) is 30.0 Å². The highest BCUT2D eigenvalue weighted by atomic mass is 15.1. The zero-order chi connectivity index (χ0) is 23.1. The SMILES string of the molecule is Nc1ccc(Cn2cncc2Cn2ccc3c(N)c(C4=CCC5C#CC#CC5=C4)ccc32)cc1. The average Bonchev–Trinajstić information content (AvgIpc) is 3.48. The number of nitrogens with two attached hydrogens (primary N) is 2. The van der Waals surface area contributed by atoms with Crippen molar-refractivity contribution in [2.75, 3.05) is 11.5 Å². The summed E-state index contributed by atoms with van der Waals surface area (Å²) in [6.07, 6.45) is 11.1. The van der Waals surface area contributed by atoms with Gasteiger partial charge in [0.25, 0.3) is 0 Å². The first-order valence-electron chi connectivity index (χ1n) is 11.3. The van der Waals surface area contributed by atoms with E-state index in [9.17, 15) is 0 Å². The largest absolute Gasteiger partial charge is 0.399 e. The van der Waals surface area contributed by atoms with Crippen molar-refractivity contribution in [1.29, 1.82) is 0 Å². The lowest BCUT2D eigenvalue weighted by molar-refractivity contribution is 0.698. The molecule has 2 aliphatic carbocycles. The molecule has 0 radical (unpaired) electrons. The summed E-state index contributed by atoms with van der Waals surface area (Å²) in [6, 6.07) is 14.3. The van der Waals surface area contributed by atoms with Gasteiger partial charge in [-0.25, -0.2) is 4.98 Å². The molecule has 2 aromatic heterocycles. The number of rotatable bonds is 5. The third-order valence-electron chi connectivity index (χ3n) is 6.54. The molecule has 0 fully saturated rings. The van der Waals surface area contributed by atoms with Gasteiger partial charge in [0.2, 0.25) is 0 Å². The molecule has 0 bridgehead atoms. The van der Waals surface area contributed by atoms with Crippen LogP contribution in [0.5, 0.6) is 0 Å². The summed E-state index contributed by atoms with van der Waals surface area (Å²) in [5.74, 6) is 12.4. The van der Waals surface area contributed by atoms with Crippen LogP contribution in [0.2, 0.25) is 0 Å². The van der Waals surface area contributed by atoms with E-state index >= 15 is 0 Å². The lowest BCUT2D eigenvalue weighted by atomic mass is 9.85. The average molecular weight is 442 g/mol. The smallest absolute Gasteiger partial charge is 0.0951 e. The summed E-state index contributed by atoms with van der Waals surface area (Å²) in [4.78, 5) is 4.39. The van der Waals surface area contributed by atoms with Gasteiger partial charge in [0.1, 0.15) is 0 Å². The van der Waals surface area contributed by atoms with E-state index in [1.165, 1.54) is 5.56 Å². The van der Waals surface area contributed by atoms with Crippen molar-refractivity contribution in [1.82, 2.24) is 14.1 Å². The maximum absolute atomic E-state index is 6.67. The molecule has 0 spiro atoms. The Hall–Kier alpha value is -4.61. The molecule has 164 valence electrons. The summed E-state index contributed by atoms with van der Waals surface area (Å²) in [5, 5.41) is 1.05. The zero-order valence-electron chi connectivity index (χ0n) is 18.6. The molecule has 2 aliphatic rings. The maximum atomic E-state index is 6.67. The summed E-state index contributed by atoms with van der Waals surface area (Å²) in [5.41, 5.74) is 20.7.